The Bertz CT molecular complexity index is 953. The van der Waals surface area contributed by atoms with Gasteiger partial charge in [0.05, 0.1) is 30.0 Å². The Hall–Kier alpha value is -2.73. The number of carbonyl (C=O) groups excluding carboxylic acids is 1. The van der Waals surface area contributed by atoms with Crippen molar-refractivity contribution in [2.45, 2.75) is 19.4 Å². The number of rotatable bonds is 2. The number of H-pyrrole nitrogens is 1. The van der Waals surface area contributed by atoms with Gasteiger partial charge >= 0.3 is 6.03 Å². The highest BCUT2D eigenvalue weighted by Gasteiger charge is 2.24. The fourth-order valence-electron chi connectivity index (χ4n) is 3.05. The quantitative estimate of drug-likeness (QED) is 0.644. The van der Waals surface area contributed by atoms with Crippen molar-refractivity contribution in [2.75, 3.05) is 11.9 Å². The molecular formula is C18H17ClN4O2. The second kappa shape index (κ2) is 6.29. The van der Waals surface area contributed by atoms with Gasteiger partial charge in [0.2, 0.25) is 0 Å². The second-order valence-corrected chi connectivity index (χ2v) is 6.47. The summed E-state index contributed by atoms with van der Waals surface area (Å²) in [6.07, 6.45) is 2.38. The van der Waals surface area contributed by atoms with E-state index < -0.39 is 0 Å². The molecule has 1 atom stereocenters. The van der Waals surface area contributed by atoms with Gasteiger partial charge in [0.25, 0.3) is 0 Å². The van der Waals surface area contributed by atoms with Crippen LogP contribution in [0.3, 0.4) is 0 Å². The van der Waals surface area contributed by atoms with Crippen molar-refractivity contribution in [3.8, 4) is 5.75 Å². The normalized spacial score (nSPS) is 16.2. The van der Waals surface area contributed by atoms with Crippen molar-refractivity contribution in [2.24, 2.45) is 0 Å². The third-order valence-electron chi connectivity index (χ3n) is 4.37. The van der Waals surface area contributed by atoms with E-state index in [0.29, 0.717) is 23.7 Å². The molecule has 128 valence electrons. The molecule has 6 nitrogen and oxygen atoms in total. The van der Waals surface area contributed by atoms with Crippen LogP contribution in [0.25, 0.3) is 10.9 Å². The summed E-state index contributed by atoms with van der Waals surface area (Å²) in [5.41, 5.74) is 3.44. The van der Waals surface area contributed by atoms with Gasteiger partial charge in [0.1, 0.15) is 5.75 Å². The molecule has 25 heavy (non-hydrogen) atoms. The molecule has 3 N–H and O–H groups in total. The van der Waals surface area contributed by atoms with Crippen LogP contribution >= 0.6 is 11.6 Å². The third kappa shape index (κ3) is 3.00. The monoisotopic (exact) mass is 356 g/mol. The van der Waals surface area contributed by atoms with Crippen molar-refractivity contribution >= 4 is 34.2 Å². The molecule has 1 aliphatic rings. The van der Waals surface area contributed by atoms with Crippen LogP contribution in [0.15, 0.2) is 36.5 Å². The van der Waals surface area contributed by atoms with Crippen molar-refractivity contribution in [3.05, 3.63) is 52.7 Å². The maximum atomic E-state index is 12.5. The standard InChI is InChI=1S/C18H17ClN4O2/c1-10-7-17-11(8-13(10)19)15(5-6-25-17)22-18(24)21-14-3-2-4-16-12(14)9-20-23-16/h2-4,7-9,15H,5-6H2,1H3,(H,20,23)(H2,21,22,24). The van der Waals surface area contributed by atoms with Crippen LogP contribution in [0.5, 0.6) is 5.75 Å². The molecule has 1 aromatic heterocycles. The number of nitrogens with zero attached hydrogens (tertiary/aromatic N) is 1. The van der Waals surface area contributed by atoms with E-state index in [4.69, 9.17) is 16.3 Å². The minimum absolute atomic E-state index is 0.148. The molecular weight excluding hydrogens is 340 g/mol. The number of ether oxygens (including phenoxy) is 1. The van der Waals surface area contributed by atoms with Gasteiger partial charge in [-0.1, -0.05) is 17.7 Å². The zero-order chi connectivity index (χ0) is 17.4. The van der Waals surface area contributed by atoms with Crippen molar-refractivity contribution in [3.63, 3.8) is 0 Å². The Balaban J connectivity index is 1.54. The van der Waals surface area contributed by atoms with E-state index in [1.54, 1.807) is 6.20 Å². The summed E-state index contributed by atoms with van der Waals surface area (Å²) < 4.78 is 5.69. The summed E-state index contributed by atoms with van der Waals surface area (Å²) >= 11 is 6.24. The average Bonchev–Trinajstić information content (AvgIpc) is 3.06. The van der Waals surface area contributed by atoms with E-state index in [9.17, 15) is 4.79 Å². The van der Waals surface area contributed by atoms with E-state index in [-0.39, 0.29) is 12.1 Å². The number of halogens is 1. The zero-order valence-corrected chi connectivity index (χ0v) is 14.4. The van der Waals surface area contributed by atoms with Crippen LogP contribution in [0.4, 0.5) is 10.5 Å². The Morgan fingerprint density at radius 2 is 2.28 bits per heavy atom. The van der Waals surface area contributed by atoms with Gasteiger partial charge in [-0.3, -0.25) is 5.10 Å². The molecule has 0 aliphatic carbocycles. The largest absolute Gasteiger partial charge is 0.493 e. The Labute approximate surface area is 149 Å². The van der Waals surface area contributed by atoms with E-state index >= 15 is 0 Å². The minimum Gasteiger partial charge on any atom is -0.493 e. The summed E-state index contributed by atoms with van der Waals surface area (Å²) in [7, 11) is 0. The van der Waals surface area contributed by atoms with E-state index in [2.05, 4.69) is 20.8 Å². The number of amides is 2. The number of benzene rings is 2. The first kappa shape index (κ1) is 15.8. The summed E-state index contributed by atoms with van der Waals surface area (Å²) in [6.45, 7) is 2.48. The molecule has 0 saturated carbocycles. The maximum Gasteiger partial charge on any atom is 0.319 e. The predicted molar refractivity (Wildman–Crippen MR) is 97.3 cm³/mol. The minimum atomic E-state index is -0.275. The highest BCUT2D eigenvalue weighted by molar-refractivity contribution is 6.31. The summed E-state index contributed by atoms with van der Waals surface area (Å²) in [5.74, 6) is 0.774. The average molecular weight is 357 g/mol. The molecule has 0 saturated heterocycles. The Morgan fingerprint density at radius 3 is 3.16 bits per heavy atom. The number of aromatic amines is 1. The second-order valence-electron chi connectivity index (χ2n) is 6.06. The molecule has 2 aromatic carbocycles. The first-order valence-corrected chi connectivity index (χ1v) is 8.42. The summed E-state index contributed by atoms with van der Waals surface area (Å²) in [6, 6.07) is 8.97. The molecule has 0 fully saturated rings. The van der Waals surface area contributed by atoms with Gasteiger partial charge in [-0.05, 0) is 36.8 Å². The fraction of sp³-hybridized carbons (Fsp3) is 0.222. The number of aromatic nitrogens is 2. The van der Waals surface area contributed by atoms with Gasteiger partial charge in [0.15, 0.2) is 0 Å². The van der Waals surface area contributed by atoms with Crippen molar-refractivity contribution in [1.29, 1.82) is 0 Å². The van der Waals surface area contributed by atoms with Gasteiger partial charge in [0, 0.05) is 22.4 Å². The Kier molecular flexibility index (Phi) is 3.97. The molecule has 3 aromatic rings. The van der Waals surface area contributed by atoms with Gasteiger partial charge in [-0.2, -0.15) is 5.10 Å². The first-order chi connectivity index (χ1) is 12.1. The van der Waals surface area contributed by atoms with Gasteiger partial charge in [-0.25, -0.2) is 4.79 Å². The van der Waals surface area contributed by atoms with E-state index in [1.165, 1.54) is 0 Å². The molecule has 1 aliphatic heterocycles. The lowest BCUT2D eigenvalue weighted by atomic mass is 9.99. The topological polar surface area (TPSA) is 79.0 Å². The lowest BCUT2D eigenvalue weighted by Crippen LogP contribution is -2.35. The van der Waals surface area contributed by atoms with Crippen molar-refractivity contribution < 1.29 is 9.53 Å². The summed E-state index contributed by atoms with van der Waals surface area (Å²) in [4.78, 5) is 12.5. The number of urea groups is 1. The molecule has 2 amide bonds. The number of anilines is 1. The van der Waals surface area contributed by atoms with Crippen LogP contribution in [0, 0.1) is 6.92 Å². The maximum absolute atomic E-state index is 12.5. The molecule has 0 spiro atoms. The fourth-order valence-corrected chi connectivity index (χ4v) is 3.23. The molecule has 1 unspecified atom stereocenters. The highest BCUT2D eigenvalue weighted by atomic mass is 35.5. The first-order valence-electron chi connectivity index (χ1n) is 8.04. The van der Waals surface area contributed by atoms with Crippen molar-refractivity contribution in [1.82, 2.24) is 15.5 Å². The number of carbonyl (C=O) groups is 1. The molecule has 2 heterocycles. The molecule has 4 rings (SSSR count). The molecule has 0 bridgehead atoms. The van der Waals surface area contributed by atoms with Gasteiger partial charge in [-0.15, -0.1) is 0 Å². The van der Waals surface area contributed by atoms with E-state index in [0.717, 1.165) is 27.8 Å². The van der Waals surface area contributed by atoms with Crippen LogP contribution in [0.1, 0.15) is 23.6 Å². The van der Waals surface area contributed by atoms with Crippen LogP contribution < -0.4 is 15.4 Å². The van der Waals surface area contributed by atoms with Crippen LogP contribution in [-0.2, 0) is 0 Å². The number of hydrogen-bond acceptors (Lipinski definition) is 3. The highest BCUT2D eigenvalue weighted by Crippen LogP contribution is 2.36. The van der Waals surface area contributed by atoms with E-state index in [1.807, 2.05) is 37.3 Å². The smallest absolute Gasteiger partial charge is 0.319 e. The van der Waals surface area contributed by atoms with Crippen LogP contribution in [-0.4, -0.2) is 22.8 Å². The number of aryl methyl sites for hydroxylation is 1. The number of hydrogen-bond donors (Lipinski definition) is 3. The zero-order valence-electron chi connectivity index (χ0n) is 13.6. The number of fused-ring (bicyclic) bond motifs is 2. The SMILES string of the molecule is Cc1cc2c(cc1Cl)C(NC(=O)Nc1cccc3[nH]ncc13)CCO2. The predicted octanol–water partition coefficient (Wildman–Crippen LogP) is 4.17. The summed E-state index contributed by atoms with van der Waals surface area (Å²) in [5, 5.41) is 14.3. The van der Waals surface area contributed by atoms with Gasteiger partial charge < -0.3 is 15.4 Å². The molecule has 0 radical (unpaired) electrons. The third-order valence-corrected chi connectivity index (χ3v) is 4.78. The van der Waals surface area contributed by atoms with Crippen LogP contribution in [0.2, 0.25) is 5.02 Å². The lowest BCUT2D eigenvalue weighted by molar-refractivity contribution is 0.232. The molecule has 7 heteroatoms. The number of nitrogens with one attached hydrogen (secondary N) is 3. The lowest BCUT2D eigenvalue weighted by Gasteiger charge is -2.27. The Morgan fingerprint density at radius 1 is 1.40 bits per heavy atom.